The Morgan fingerprint density at radius 2 is 2.00 bits per heavy atom. The van der Waals surface area contributed by atoms with Gasteiger partial charge in [-0.05, 0) is 19.1 Å². The van der Waals surface area contributed by atoms with Crippen molar-refractivity contribution in [2.45, 2.75) is 19.9 Å². The van der Waals surface area contributed by atoms with E-state index in [0.29, 0.717) is 29.3 Å². The zero-order valence-electron chi connectivity index (χ0n) is 14.3. The minimum atomic E-state index is -0.245. The third-order valence-corrected chi connectivity index (χ3v) is 3.80. The summed E-state index contributed by atoms with van der Waals surface area (Å²) in [6, 6.07) is 3.37. The molecular weight excluding hydrogens is 334 g/mol. The first kappa shape index (κ1) is 20.1. The van der Waals surface area contributed by atoms with Crippen LogP contribution in [0.25, 0.3) is 0 Å². The van der Waals surface area contributed by atoms with Gasteiger partial charge < -0.3 is 25.0 Å². The highest BCUT2D eigenvalue weighted by Crippen LogP contribution is 2.37. The fourth-order valence-electron chi connectivity index (χ4n) is 2.68. The highest BCUT2D eigenvalue weighted by molar-refractivity contribution is 5.99. The van der Waals surface area contributed by atoms with E-state index in [1.165, 1.54) is 21.1 Å². The number of ether oxygens (including phenoxy) is 2. The number of carbonyl (C=O) groups excluding carboxylic acids is 2. The minimum absolute atomic E-state index is 0. The molecular formula is C16H24ClN3O4. The van der Waals surface area contributed by atoms with Gasteiger partial charge in [0.05, 0.1) is 19.9 Å². The van der Waals surface area contributed by atoms with E-state index in [9.17, 15) is 9.59 Å². The van der Waals surface area contributed by atoms with Gasteiger partial charge in [0.15, 0.2) is 11.5 Å². The summed E-state index contributed by atoms with van der Waals surface area (Å²) in [5, 5.41) is 5.93. The van der Waals surface area contributed by atoms with Crippen LogP contribution in [0.4, 0.5) is 5.69 Å². The molecule has 7 nitrogen and oxygen atoms in total. The van der Waals surface area contributed by atoms with Crippen LogP contribution >= 0.6 is 12.4 Å². The first-order chi connectivity index (χ1) is 11.0. The third kappa shape index (κ3) is 4.30. The van der Waals surface area contributed by atoms with Gasteiger partial charge in [0.25, 0.3) is 5.91 Å². The topological polar surface area (TPSA) is 79.9 Å². The van der Waals surface area contributed by atoms with Crippen molar-refractivity contribution in [3.8, 4) is 11.5 Å². The molecule has 1 aromatic carbocycles. The predicted molar refractivity (Wildman–Crippen MR) is 94.5 cm³/mol. The van der Waals surface area contributed by atoms with Crippen molar-refractivity contribution in [3.05, 3.63) is 17.7 Å². The van der Waals surface area contributed by atoms with E-state index in [2.05, 4.69) is 10.6 Å². The first-order valence-electron chi connectivity index (χ1n) is 7.53. The van der Waals surface area contributed by atoms with Crippen LogP contribution < -0.4 is 20.1 Å². The number of nitrogens with zero attached hydrogens (tertiary/aromatic N) is 1. The van der Waals surface area contributed by atoms with Gasteiger partial charge in [-0.1, -0.05) is 0 Å². The zero-order valence-corrected chi connectivity index (χ0v) is 15.2. The van der Waals surface area contributed by atoms with E-state index in [4.69, 9.17) is 9.47 Å². The summed E-state index contributed by atoms with van der Waals surface area (Å²) in [4.78, 5) is 26.0. The number of hydrogen-bond donors (Lipinski definition) is 2. The standard InChI is InChI=1S/C16H23N3O4.ClH/c1-10-9-17-5-6-19(10)16(21)12-7-13(18-11(2)20)15(23-4)14(8-12)22-3;/h7-8,10,17H,5-6,9H2,1-4H3,(H,18,20);1H. The second-order valence-corrected chi connectivity index (χ2v) is 5.49. The average molecular weight is 358 g/mol. The van der Waals surface area contributed by atoms with Crippen molar-refractivity contribution in [2.75, 3.05) is 39.2 Å². The quantitative estimate of drug-likeness (QED) is 0.854. The number of carbonyl (C=O) groups is 2. The van der Waals surface area contributed by atoms with Gasteiger partial charge in [0.1, 0.15) is 0 Å². The Morgan fingerprint density at radius 3 is 2.54 bits per heavy atom. The van der Waals surface area contributed by atoms with Crippen molar-refractivity contribution >= 4 is 29.9 Å². The van der Waals surface area contributed by atoms with Crippen molar-refractivity contribution in [2.24, 2.45) is 0 Å². The van der Waals surface area contributed by atoms with Crippen LogP contribution in [0.2, 0.25) is 0 Å². The maximum Gasteiger partial charge on any atom is 0.254 e. The van der Waals surface area contributed by atoms with Gasteiger partial charge in [0.2, 0.25) is 5.91 Å². The molecule has 1 fully saturated rings. The number of rotatable bonds is 4. The predicted octanol–water partition coefficient (Wildman–Crippen LogP) is 1.52. The molecule has 0 aliphatic carbocycles. The lowest BCUT2D eigenvalue weighted by Crippen LogP contribution is -2.52. The number of benzene rings is 1. The molecule has 0 bridgehead atoms. The van der Waals surface area contributed by atoms with Crippen LogP contribution in [0, 0.1) is 0 Å². The fraction of sp³-hybridized carbons (Fsp3) is 0.500. The molecule has 0 radical (unpaired) electrons. The summed E-state index contributed by atoms with van der Waals surface area (Å²) in [5.41, 5.74) is 0.880. The maximum absolute atomic E-state index is 12.8. The lowest BCUT2D eigenvalue weighted by molar-refractivity contribution is -0.114. The molecule has 1 saturated heterocycles. The number of amides is 2. The molecule has 8 heteroatoms. The fourth-order valence-corrected chi connectivity index (χ4v) is 2.68. The van der Waals surface area contributed by atoms with Gasteiger partial charge in [0, 0.05) is 38.2 Å². The maximum atomic E-state index is 12.8. The smallest absolute Gasteiger partial charge is 0.254 e. The molecule has 0 saturated carbocycles. The van der Waals surface area contributed by atoms with Crippen LogP contribution in [-0.4, -0.2) is 56.6 Å². The Hall–Kier alpha value is -1.99. The molecule has 2 rings (SSSR count). The monoisotopic (exact) mass is 357 g/mol. The first-order valence-corrected chi connectivity index (χ1v) is 7.53. The molecule has 2 N–H and O–H groups in total. The number of nitrogens with one attached hydrogen (secondary N) is 2. The molecule has 1 aromatic rings. The van der Waals surface area contributed by atoms with E-state index in [1.807, 2.05) is 11.8 Å². The van der Waals surface area contributed by atoms with E-state index >= 15 is 0 Å². The second-order valence-electron chi connectivity index (χ2n) is 5.49. The number of piperazine rings is 1. The lowest BCUT2D eigenvalue weighted by atomic mass is 10.1. The van der Waals surface area contributed by atoms with E-state index < -0.39 is 0 Å². The van der Waals surface area contributed by atoms with Crippen LogP contribution in [-0.2, 0) is 4.79 Å². The molecule has 1 unspecified atom stereocenters. The van der Waals surface area contributed by atoms with Crippen molar-refractivity contribution < 1.29 is 19.1 Å². The molecule has 1 aliphatic rings. The lowest BCUT2D eigenvalue weighted by Gasteiger charge is -2.34. The molecule has 1 aliphatic heterocycles. The van der Waals surface area contributed by atoms with Crippen LogP contribution in [0.3, 0.4) is 0 Å². The minimum Gasteiger partial charge on any atom is -0.493 e. The summed E-state index contributed by atoms with van der Waals surface area (Å²) in [6.07, 6.45) is 0. The van der Waals surface area contributed by atoms with Gasteiger partial charge in [-0.2, -0.15) is 0 Å². The Balaban J connectivity index is 0.00000288. The Kier molecular flexibility index (Phi) is 7.31. The van der Waals surface area contributed by atoms with Gasteiger partial charge in [-0.25, -0.2) is 0 Å². The van der Waals surface area contributed by atoms with Gasteiger partial charge >= 0.3 is 0 Å². The molecule has 1 heterocycles. The Labute approximate surface area is 148 Å². The molecule has 24 heavy (non-hydrogen) atoms. The van der Waals surface area contributed by atoms with E-state index in [1.54, 1.807) is 12.1 Å². The van der Waals surface area contributed by atoms with E-state index in [0.717, 1.165) is 13.1 Å². The number of anilines is 1. The normalized spacial score (nSPS) is 16.8. The Bertz CT molecular complexity index is 609. The summed E-state index contributed by atoms with van der Waals surface area (Å²) in [5.74, 6) is 0.467. The van der Waals surface area contributed by atoms with Crippen LogP contribution in [0.15, 0.2) is 12.1 Å². The molecule has 134 valence electrons. The average Bonchev–Trinajstić information content (AvgIpc) is 2.53. The van der Waals surface area contributed by atoms with Crippen molar-refractivity contribution in [1.29, 1.82) is 0 Å². The van der Waals surface area contributed by atoms with Crippen LogP contribution in [0.5, 0.6) is 11.5 Å². The molecule has 0 aromatic heterocycles. The summed E-state index contributed by atoms with van der Waals surface area (Å²) in [6.45, 7) is 5.57. The zero-order chi connectivity index (χ0) is 17.0. The number of hydrogen-bond acceptors (Lipinski definition) is 5. The number of halogens is 1. The largest absolute Gasteiger partial charge is 0.493 e. The highest BCUT2D eigenvalue weighted by atomic mass is 35.5. The van der Waals surface area contributed by atoms with Crippen LogP contribution in [0.1, 0.15) is 24.2 Å². The SMILES string of the molecule is COc1cc(C(=O)N2CCNCC2C)cc(NC(C)=O)c1OC.Cl. The summed E-state index contributed by atoms with van der Waals surface area (Å²) >= 11 is 0. The molecule has 2 amide bonds. The number of methoxy groups -OCH3 is 2. The van der Waals surface area contributed by atoms with Gasteiger partial charge in [-0.3, -0.25) is 9.59 Å². The third-order valence-electron chi connectivity index (χ3n) is 3.80. The van der Waals surface area contributed by atoms with Crippen molar-refractivity contribution in [1.82, 2.24) is 10.2 Å². The second kappa shape index (κ2) is 8.75. The van der Waals surface area contributed by atoms with E-state index in [-0.39, 0.29) is 30.3 Å². The van der Waals surface area contributed by atoms with Gasteiger partial charge in [-0.15, -0.1) is 12.4 Å². The molecule has 1 atom stereocenters. The Morgan fingerprint density at radius 1 is 1.29 bits per heavy atom. The molecule has 0 spiro atoms. The summed E-state index contributed by atoms with van der Waals surface area (Å²) in [7, 11) is 2.99. The van der Waals surface area contributed by atoms with Crippen molar-refractivity contribution in [3.63, 3.8) is 0 Å². The summed E-state index contributed by atoms with van der Waals surface area (Å²) < 4.78 is 10.6. The highest BCUT2D eigenvalue weighted by Gasteiger charge is 2.26.